The van der Waals surface area contributed by atoms with E-state index in [1.54, 1.807) is 6.08 Å². The van der Waals surface area contributed by atoms with Crippen LogP contribution < -0.4 is 10.9 Å². The van der Waals surface area contributed by atoms with Gasteiger partial charge in [-0.2, -0.15) is 0 Å². The third kappa shape index (κ3) is 4.24. The predicted octanol–water partition coefficient (Wildman–Crippen LogP) is 6.15. The summed E-state index contributed by atoms with van der Waals surface area (Å²) in [4.78, 5) is 15.2. The Labute approximate surface area is 198 Å². The minimum Gasteiger partial charge on any atom is -0.478 e. The van der Waals surface area contributed by atoms with E-state index in [4.69, 9.17) is 5.11 Å². The summed E-state index contributed by atoms with van der Waals surface area (Å²) in [6.07, 6.45) is 8.57. The summed E-state index contributed by atoms with van der Waals surface area (Å²) in [5.41, 5.74) is 14.3. The number of anilines is 1. The Hall–Kier alpha value is -3.77. The molecule has 0 amide bonds. The SMILES string of the molecule is Cc1cnccc1/C(=C(\c1ccc(/C=C/C(=O)O)cc1)c1ccc2c(c1)C(F)NN2)C1CCC1. The molecule has 6 heteroatoms. The van der Waals surface area contributed by atoms with Crippen LogP contribution in [-0.2, 0) is 4.79 Å². The predicted molar refractivity (Wildman–Crippen MR) is 132 cm³/mol. The number of carbonyl (C=O) groups is 1. The van der Waals surface area contributed by atoms with Crippen LogP contribution in [0.25, 0.3) is 17.2 Å². The van der Waals surface area contributed by atoms with Gasteiger partial charge in [-0.1, -0.05) is 36.8 Å². The molecule has 1 aliphatic heterocycles. The maximum atomic E-state index is 14.5. The van der Waals surface area contributed by atoms with Crippen molar-refractivity contribution in [1.29, 1.82) is 0 Å². The van der Waals surface area contributed by atoms with Gasteiger partial charge in [0.2, 0.25) is 0 Å². The summed E-state index contributed by atoms with van der Waals surface area (Å²) >= 11 is 0. The highest BCUT2D eigenvalue weighted by molar-refractivity contribution is 6.00. The quantitative estimate of drug-likeness (QED) is 0.307. The van der Waals surface area contributed by atoms with Crippen LogP contribution in [0.3, 0.4) is 0 Å². The molecule has 1 aromatic heterocycles. The Kier molecular flexibility index (Phi) is 5.99. The summed E-state index contributed by atoms with van der Waals surface area (Å²) in [5, 5.41) is 8.94. The molecule has 2 aliphatic rings. The number of aliphatic carboxylic acids is 1. The van der Waals surface area contributed by atoms with E-state index in [0.717, 1.165) is 58.0 Å². The molecular formula is C28H26FN3O2. The zero-order chi connectivity index (χ0) is 23.7. The van der Waals surface area contributed by atoms with Gasteiger partial charge in [-0.25, -0.2) is 14.6 Å². The molecule has 1 atom stereocenters. The number of pyridine rings is 1. The van der Waals surface area contributed by atoms with E-state index in [9.17, 15) is 9.18 Å². The lowest BCUT2D eigenvalue weighted by Gasteiger charge is -2.32. The number of hydrazine groups is 1. The van der Waals surface area contributed by atoms with E-state index in [-0.39, 0.29) is 0 Å². The van der Waals surface area contributed by atoms with Crippen molar-refractivity contribution in [2.75, 3.05) is 5.43 Å². The molecule has 0 saturated heterocycles. The molecule has 1 aliphatic carbocycles. The number of aryl methyl sites for hydroxylation is 1. The number of carboxylic acid groups (broad SMARTS) is 1. The highest BCUT2D eigenvalue weighted by Crippen LogP contribution is 2.46. The lowest BCUT2D eigenvalue weighted by atomic mass is 9.72. The molecular weight excluding hydrogens is 429 g/mol. The molecule has 2 aromatic carbocycles. The number of fused-ring (bicyclic) bond motifs is 1. The van der Waals surface area contributed by atoms with E-state index in [2.05, 4.69) is 28.8 Å². The zero-order valence-corrected chi connectivity index (χ0v) is 18.9. The first kappa shape index (κ1) is 22.0. The normalized spacial score (nSPS) is 18.2. The van der Waals surface area contributed by atoms with Crippen molar-refractivity contribution >= 4 is 28.9 Å². The Morgan fingerprint density at radius 1 is 1.12 bits per heavy atom. The average Bonchev–Trinajstić information content (AvgIpc) is 3.17. The number of benzene rings is 2. The number of alkyl halides is 1. The third-order valence-corrected chi connectivity index (χ3v) is 6.66. The van der Waals surface area contributed by atoms with Crippen molar-refractivity contribution in [2.45, 2.75) is 32.5 Å². The average molecular weight is 456 g/mol. The Bertz CT molecular complexity index is 1290. The molecule has 1 saturated carbocycles. The van der Waals surface area contributed by atoms with Crippen LogP contribution in [0, 0.1) is 12.8 Å². The Balaban J connectivity index is 1.72. The largest absolute Gasteiger partial charge is 0.478 e. The van der Waals surface area contributed by atoms with Gasteiger partial charge in [-0.15, -0.1) is 0 Å². The zero-order valence-electron chi connectivity index (χ0n) is 18.9. The first-order valence-corrected chi connectivity index (χ1v) is 11.5. The summed E-state index contributed by atoms with van der Waals surface area (Å²) in [6, 6.07) is 15.8. The molecule has 1 fully saturated rings. The second kappa shape index (κ2) is 9.23. The lowest BCUT2D eigenvalue weighted by molar-refractivity contribution is -0.131. The van der Waals surface area contributed by atoms with Crippen LogP contribution in [0.2, 0.25) is 0 Å². The first-order chi connectivity index (χ1) is 16.5. The van der Waals surface area contributed by atoms with Gasteiger partial charge in [0.15, 0.2) is 6.30 Å². The van der Waals surface area contributed by atoms with Crippen LogP contribution in [-0.4, -0.2) is 16.1 Å². The summed E-state index contributed by atoms with van der Waals surface area (Å²) < 4.78 is 14.5. The van der Waals surface area contributed by atoms with Crippen molar-refractivity contribution in [1.82, 2.24) is 10.4 Å². The third-order valence-electron chi connectivity index (χ3n) is 6.66. The monoisotopic (exact) mass is 455 g/mol. The van der Waals surface area contributed by atoms with E-state index in [1.807, 2.05) is 54.9 Å². The van der Waals surface area contributed by atoms with E-state index < -0.39 is 12.3 Å². The highest BCUT2D eigenvalue weighted by Gasteiger charge is 2.29. The van der Waals surface area contributed by atoms with Crippen molar-refractivity contribution in [3.8, 4) is 0 Å². The van der Waals surface area contributed by atoms with Gasteiger partial charge < -0.3 is 10.5 Å². The number of allylic oxidation sites excluding steroid dienone is 1. The highest BCUT2D eigenvalue weighted by atomic mass is 19.1. The molecule has 3 aromatic rings. The number of hydrogen-bond acceptors (Lipinski definition) is 4. The topological polar surface area (TPSA) is 74.2 Å². The van der Waals surface area contributed by atoms with Crippen molar-refractivity contribution in [3.63, 3.8) is 0 Å². The molecule has 3 N–H and O–H groups in total. The van der Waals surface area contributed by atoms with Gasteiger partial charge in [-0.05, 0) is 88.9 Å². The van der Waals surface area contributed by atoms with Gasteiger partial charge in [0, 0.05) is 24.0 Å². The van der Waals surface area contributed by atoms with Gasteiger partial charge in [0.25, 0.3) is 0 Å². The molecule has 5 rings (SSSR count). The summed E-state index contributed by atoms with van der Waals surface area (Å²) in [5.74, 6) is -0.570. The number of carboxylic acids is 1. The van der Waals surface area contributed by atoms with Crippen molar-refractivity contribution in [2.24, 2.45) is 5.92 Å². The summed E-state index contributed by atoms with van der Waals surface area (Å²) in [6.45, 7) is 2.08. The lowest BCUT2D eigenvalue weighted by Crippen LogP contribution is -2.16. The molecule has 0 radical (unpaired) electrons. The Morgan fingerprint density at radius 3 is 2.56 bits per heavy atom. The maximum Gasteiger partial charge on any atom is 0.328 e. The number of rotatable bonds is 6. The molecule has 34 heavy (non-hydrogen) atoms. The second-order valence-corrected chi connectivity index (χ2v) is 8.83. The Morgan fingerprint density at radius 2 is 1.88 bits per heavy atom. The molecule has 2 heterocycles. The number of nitrogens with zero attached hydrogens (tertiary/aromatic N) is 1. The van der Waals surface area contributed by atoms with Gasteiger partial charge in [0.05, 0.1) is 5.69 Å². The van der Waals surface area contributed by atoms with Crippen LogP contribution in [0.4, 0.5) is 10.1 Å². The van der Waals surface area contributed by atoms with E-state index in [1.165, 1.54) is 12.0 Å². The standard InChI is InChI=1S/C28H26FN3O2/c1-17-16-30-14-13-22(17)27(19-3-2-4-19)26(20-8-5-18(6-9-20)7-12-25(33)34)21-10-11-24-23(15-21)28(29)32-31-24/h5-16,19,28,31-32H,2-4H2,1H3,(H,33,34)/b12-7+,27-26+. The van der Waals surface area contributed by atoms with Crippen molar-refractivity contribution in [3.05, 3.63) is 100 Å². The van der Waals surface area contributed by atoms with E-state index in [0.29, 0.717) is 11.5 Å². The fourth-order valence-electron chi connectivity index (χ4n) is 4.70. The molecule has 172 valence electrons. The fraction of sp³-hybridized carbons (Fsp3) is 0.214. The van der Waals surface area contributed by atoms with Crippen LogP contribution >= 0.6 is 0 Å². The van der Waals surface area contributed by atoms with Gasteiger partial charge in [-0.3, -0.25) is 4.98 Å². The molecule has 0 spiro atoms. The number of hydrogen-bond donors (Lipinski definition) is 3. The van der Waals surface area contributed by atoms with Crippen LogP contribution in [0.1, 0.15) is 58.9 Å². The van der Waals surface area contributed by atoms with E-state index >= 15 is 0 Å². The molecule has 1 unspecified atom stereocenters. The smallest absolute Gasteiger partial charge is 0.328 e. The van der Waals surface area contributed by atoms with Crippen LogP contribution in [0.15, 0.2) is 67.0 Å². The number of halogens is 1. The summed E-state index contributed by atoms with van der Waals surface area (Å²) in [7, 11) is 0. The minimum atomic E-state index is -1.27. The van der Waals surface area contributed by atoms with Crippen LogP contribution in [0.5, 0.6) is 0 Å². The fourth-order valence-corrected chi connectivity index (χ4v) is 4.70. The second-order valence-electron chi connectivity index (χ2n) is 8.83. The molecule has 0 bridgehead atoms. The molecule has 5 nitrogen and oxygen atoms in total. The van der Waals surface area contributed by atoms with Gasteiger partial charge in [0.1, 0.15) is 0 Å². The van der Waals surface area contributed by atoms with Gasteiger partial charge >= 0.3 is 5.97 Å². The number of nitrogens with one attached hydrogen (secondary N) is 2. The van der Waals surface area contributed by atoms with Crippen molar-refractivity contribution < 1.29 is 14.3 Å². The number of aromatic nitrogens is 1. The minimum absolute atomic E-state index is 0.411. The maximum absolute atomic E-state index is 14.5. The first-order valence-electron chi connectivity index (χ1n) is 11.5.